The van der Waals surface area contributed by atoms with Gasteiger partial charge >= 0.3 is 0 Å². The summed E-state index contributed by atoms with van der Waals surface area (Å²) < 4.78 is 17.2. The second-order valence-corrected chi connectivity index (χ2v) is 8.94. The van der Waals surface area contributed by atoms with Gasteiger partial charge in [-0.3, -0.25) is 4.21 Å². The largest absolute Gasteiger partial charge is 0.497 e. The van der Waals surface area contributed by atoms with Gasteiger partial charge in [-0.2, -0.15) is 0 Å². The number of rotatable bonds is 3. The number of ether oxygens (including phenoxy) is 1. The number of aryl methyl sites for hydroxylation is 1. The monoisotopic (exact) mass is 392 g/mol. The minimum Gasteiger partial charge on any atom is -0.497 e. The Morgan fingerprint density at radius 2 is 2.12 bits per heavy atom. The van der Waals surface area contributed by atoms with Crippen LogP contribution in [0.4, 0.5) is 0 Å². The van der Waals surface area contributed by atoms with E-state index in [0.717, 1.165) is 38.4 Å². The number of halogens is 1. The van der Waals surface area contributed by atoms with Crippen LogP contribution in [-0.2, 0) is 29.5 Å². The summed E-state index contributed by atoms with van der Waals surface area (Å²) in [6.07, 6.45) is 0.797. The molecular formula is C18H17ClN2O2S2. The van der Waals surface area contributed by atoms with Crippen molar-refractivity contribution in [3.05, 3.63) is 45.4 Å². The Morgan fingerprint density at radius 3 is 2.80 bits per heavy atom. The maximum Gasteiger partial charge on any atom is 0.124 e. The van der Waals surface area contributed by atoms with Gasteiger partial charge in [-0.15, -0.1) is 11.3 Å². The van der Waals surface area contributed by atoms with Crippen molar-refractivity contribution in [2.75, 3.05) is 12.9 Å². The average Bonchev–Trinajstić information content (AvgIpc) is 2.98. The van der Waals surface area contributed by atoms with Gasteiger partial charge in [0.25, 0.3) is 0 Å². The molecule has 0 fully saturated rings. The Hall–Kier alpha value is -1.47. The summed E-state index contributed by atoms with van der Waals surface area (Å²) in [6, 6.07) is 7.86. The molecular weight excluding hydrogens is 376 g/mol. The highest BCUT2D eigenvalue weighted by atomic mass is 35.5. The van der Waals surface area contributed by atoms with Gasteiger partial charge in [-0.05, 0) is 29.7 Å². The van der Waals surface area contributed by atoms with Crippen molar-refractivity contribution in [3.63, 3.8) is 0 Å². The lowest BCUT2D eigenvalue weighted by molar-refractivity contribution is 0.415. The van der Waals surface area contributed by atoms with E-state index in [1.54, 1.807) is 18.4 Å². The van der Waals surface area contributed by atoms with E-state index in [2.05, 4.69) is 4.98 Å². The first-order valence-corrected chi connectivity index (χ1v) is 10.6. The average molecular weight is 393 g/mol. The number of thiophene rings is 1. The lowest BCUT2D eigenvalue weighted by Crippen LogP contribution is -2.11. The molecule has 0 saturated heterocycles. The molecule has 0 aliphatic carbocycles. The third-order valence-corrected chi connectivity index (χ3v) is 7.46. The van der Waals surface area contributed by atoms with Crippen LogP contribution in [0.15, 0.2) is 24.3 Å². The number of fused-ring (bicyclic) bond motifs is 3. The first kappa shape index (κ1) is 17.0. The van der Waals surface area contributed by atoms with E-state index >= 15 is 0 Å². The third kappa shape index (κ3) is 2.87. The molecule has 1 atom stereocenters. The van der Waals surface area contributed by atoms with Gasteiger partial charge < -0.3 is 10.5 Å². The highest BCUT2D eigenvalue weighted by Gasteiger charge is 2.25. The molecule has 2 N–H and O–H groups in total. The van der Waals surface area contributed by atoms with Crippen LogP contribution in [0.1, 0.15) is 16.1 Å². The summed E-state index contributed by atoms with van der Waals surface area (Å²) in [7, 11) is 0.860. The molecule has 0 unspecified atom stereocenters. The Labute approximate surface area is 157 Å². The summed E-state index contributed by atoms with van der Waals surface area (Å²) in [5.74, 6) is 2.09. The van der Waals surface area contributed by atoms with Crippen molar-refractivity contribution in [2.45, 2.75) is 18.7 Å². The number of aromatic nitrogens is 1. The quantitative estimate of drug-likeness (QED) is 0.734. The summed E-state index contributed by atoms with van der Waals surface area (Å²) in [5.41, 5.74) is 9.79. The molecule has 4 nitrogen and oxygen atoms in total. The van der Waals surface area contributed by atoms with Gasteiger partial charge in [-0.25, -0.2) is 4.98 Å². The zero-order valence-corrected chi connectivity index (χ0v) is 16.1. The molecule has 4 rings (SSSR count). The molecule has 0 radical (unpaired) electrons. The van der Waals surface area contributed by atoms with Crippen LogP contribution in [0.5, 0.6) is 5.75 Å². The maximum absolute atomic E-state index is 12.0. The first-order chi connectivity index (χ1) is 12.1. The molecule has 1 aliphatic heterocycles. The van der Waals surface area contributed by atoms with Crippen LogP contribution >= 0.6 is 22.9 Å². The fraction of sp³-hybridized carbons (Fsp3) is 0.278. The minimum absolute atomic E-state index is 0.284. The highest BCUT2D eigenvalue weighted by molar-refractivity contribution is 7.84. The molecule has 1 aliphatic rings. The molecule has 0 saturated carbocycles. The van der Waals surface area contributed by atoms with E-state index in [9.17, 15) is 4.21 Å². The van der Waals surface area contributed by atoms with Gasteiger partial charge in [-0.1, -0.05) is 23.7 Å². The first-order valence-electron chi connectivity index (χ1n) is 7.94. The predicted molar refractivity (Wildman–Crippen MR) is 105 cm³/mol. The molecule has 3 aromatic rings. The predicted octanol–water partition coefficient (Wildman–Crippen LogP) is 3.89. The molecule has 0 spiro atoms. The molecule has 3 heterocycles. The highest BCUT2D eigenvalue weighted by Crippen LogP contribution is 2.44. The van der Waals surface area contributed by atoms with Crippen LogP contribution in [-0.4, -0.2) is 22.1 Å². The number of methoxy groups -OCH3 is 1. The lowest BCUT2D eigenvalue weighted by atomic mass is 9.98. The standard InChI is InChI=1S/C18H17ClN2O2S2/c1-23-11-4-2-10(3-5-11)15-16-12-6-7-25(22)9-14(12)24-18(16)21-13(8-20)17(15)19/h2-5H,6-9,20H2,1H3/t25-/m0/s1. The van der Waals surface area contributed by atoms with Crippen molar-refractivity contribution in [1.82, 2.24) is 4.98 Å². The fourth-order valence-corrected chi connectivity index (χ4v) is 6.28. The van der Waals surface area contributed by atoms with E-state index in [4.69, 9.17) is 22.1 Å². The van der Waals surface area contributed by atoms with Gasteiger partial charge in [0.15, 0.2) is 0 Å². The van der Waals surface area contributed by atoms with Crippen LogP contribution in [0.2, 0.25) is 5.02 Å². The molecule has 0 bridgehead atoms. The van der Waals surface area contributed by atoms with E-state index < -0.39 is 10.8 Å². The Balaban J connectivity index is 2.02. The van der Waals surface area contributed by atoms with Crippen LogP contribution in [0, 0.1) is 0 Å². The van der Waals surface area contributed by atoms with E-state index in [0.29, 0.717) is 22.2 Å². The SMILES string of the molecule is COc1ccc(-c2c(Cl)c(CN)nc3sc4c(c23)CC[S@](=O)C4)cc1. The number of pyridine rings is 1. The van der Waals surface area contributed by atoms with Gasteiger partial charge in [0.2, 0.25) is 0 Å². The molecule has 25 heavy (non-hydrogen) atoms. The second-order valence-electron chi connectivity index (χ2n) is 5.90. The second kappa shape index (κ2) is 6.68. The number of hydrogen-bond donors (Lipinski definition) is 1. The Kier molecular flexibility index (Phi) is 4.54. The number of nitrogens with zero attached hydrogens (tertiary/aromatic N) is 1. The molecule has 130 valence electrons. The van der Waals surface area contributed by atoms with E-state index in [1.165, 1.54) is 5.56 Å². The van der Waals surface area contributed by atoms with Crippen molar-refractivity contribution in [1.29, 1.82) is 0 Å². The van der Waals surface area contributed by atoms with Gasteiger partial charge in [0.05, 0.1) is 23.6 Å². The van der Waals surface area contributed by atoms with Crippen LogP contribution in [0.25, 0.3) is 21.3 Å². The van der Waals surface area contributed by atoms with Crippen molar-refractivity contribution in [3.8, 4) is 16.9 Å². The van der Waals surface area contributed by atoms with Gasteiger partial charge in [0, 0.05) is 38.9 Å². The lowest BCUT2D eigenvalue weighted by Gasteiger charge is -2.15. The van der Waals surface area contributed by atoms with Crippen LogP contribution in [0.3, 0.4) is 0 Å². The van der Waals surface area contributed by atoms with E-state index in [1.807, 2.05) is 24.3 Å². The Morgan fingerprint density at radius 1 is 1.36 bits per heavy atom. The molecule has 1 aromatic carbocycles. The Bertz CT molecular complexity index is 983. The molecule has 2 aromatic heterocycles. The number of hydrogen-bond acceptors (Lipinski definition) is 5. The number of nitrogens with two attached hydrogens (primary N) is 1. The van der Waals surface area contributed by atoms with Crippen molar-refractivity contribution in [2.24, 2.45) is 5.73 Å². The van der Waals surface area contributed by atoms with Crippen molar-refractivity contribution >= 4 is 44.0 Å². The van der Waals surface area contributed by atoms with Gasteiger partial charge in [0.1, 0.15) is 10.6 Å². The molecule has 7 heteroatoms. The van der Waals surface area contributed by atoms with Crippen molar-refractivity contribution < 1.29 is 8.95 Å². The fourth-order valence-electron chi connectivity index (χ4n) is 3.24. The summed E-state index contributed by atoms with van der Waals surface area (Å²) >= 11 is 8.31. The zero-order valence-electron chi connectivity index (χ0n) is 13.7. The summed E-state index contributed by atoms with van der Waals surface area (Å²) in [6.45, 7) is 0.284. The topological polar surface area (TPSA) is 65.2 Å². The van der Waals surface area contributed by atoms with Crippen LogP contribution < -0.4 is 10.5 Å². The maximum atomic E-state index is 12.0. The normalized spacial score (nSPS) is 16.8. The molecule has 0 amide bonds. The number of benzene rings is 1. The smallest absolute Gasteiger partial charge is 0.124 e. The van der Waals surface area contributed by atoms with E-state index in [-0.39, 0.29) is 6.54 Å². The summed E-state index contributed by atoms with van der Waals surface area (Å²) in [4.78, 5) is 6.77. The third-order valence-electron chi connectivity index (χ3n) is 4.48. The summed E-state index contributed by atoms with van der Waals surface area (Å²) in [5, 5.41) is 1.69. The zero-order chi connectivity index (χ0) is 17.6. The minimum atomic E-state index is -0.788.